The van der Waals surface area contributed by atoms with Crippen LogP contribution in [0.4, 0.5) is 13.2 Å². The maximum atomic E-state index is 13.3. The fraction of sp³-hybridized carbons (Fsp3) is 0.750. The second-order valence-corrected chi connectivity index (χ2v) is 9.38. The number of ether oxygens (including phenoxy) is 1. The highest BCUT2D eigenvalue weighted by molar-refractivity contribution is 5.28. The van der Waals surface area contributed by atoms with Gasteiger partial charge in [-0.15, -0.1) is 0 Å². The van der Waals surface area contributed by atoms with Crippen LogP contribution < -0.4 is 0 Å². The van der Waals surface area contributed by atoms with Crippen LogP contribution in [-0.4, -0.2) is 30.6 Å². The Morgan fingerprint density at radius 3 is 2.07 bits per heavy atom. The van der Waals surface area contributed by atoms with Gasteiger partial charge in [-0.3, -0.25) is 4.90 Å². The molecule has 0 unspecified atom stereocenters. The average molecular weight is 410 g/mol. The third-order valence-corrected chi connectivity index (χ3v) is 7.24. The van der Waals surface area contributed by atoms with Gasteiger partial charge >= 0.3 is 6.18 Å². The molecular weight excluding hydrogens is 375 g/mol. The van der Waals surface area contributed by atoms with Crippen LogP contribution in [0.5, 0.6) is 0 Å². The lowest BCUT2D eigenvalue weighted by Gasteiger charge is -2.42. The minimum atomic E-state index is -4.31. The lowest BCUT2D eigenvalue weighted by atomic mass is 9.91. The number of hydrogen-bond acceptors (Lipinski definition) is 2. The zero-order valence-corrected chi connectivity index (χ0v) is 17.3. The lowest BCUT2D eigenvalue weighted by molar-refractivity contribution is -0.137. The molecule has 0 amide bonds. The first-order valence-electron chi connectivity index (χ1n) is 11.5. The number of nitrogens with zero attached hydrogens (tertiary/aromatic N) is 1. The highest BCUT2D eigenvalue weighted by atomic mass is 19.4. The van der Waals surface area contributed by atoms with Gasteiger partial charge in [0.2, 0.25) is 0 Å². The molecule has 0 aromatic heterocycles. The van der Waals surface area contributed by atoms with E-state index in [2.05, 4.69) is 4.90 Å². The summed E-state index contributed by atoms with van der Waals surface area (Å²) in [4.78, 5) is 2.62. The molecule has 5 heteroatoms. The SMILES string of the molecule is FC(F)(F)c1cccc([C@@H]2OCCC[C@H]2N(CC2CCCC2)CC2CCCC2)c1. The summed E-state index contributed by atoms with van der Waals surface area (Å²) < 4.78 is 46.0. The number of benzene rings is 1. The molecule has 2 nitrogen and oxygen atoms in total. The van der Waals surface area contributed by atoms with E-state index in [-0.39, 0.29) is 12.1 Å². The minimum Gasteiger partial charge on any atom is -0.372 e. The lowest BCUT2D eigenvalue weighted by Crippen LogP contribution is -2.47. The van der Waals surface area contributed by atoms with Crippen molar-refractivity contribution in [2.45, 2.75) is 82.5 Å². The van der Waals surface area contributed by atoms with Crippen molar-refractivity contribution < 1.29 is 17.9 Å². The Labute approximate surface area is 172 Å². The Bertz CT molecular complexity index is 632. The maximum Gasteiger partial charge on any atom is 0.416 e. The van der Waals surface area contributed by atoms with E-state index in [1.807, 2.05) is 6.07 Å². The Hall–Kier alpha value is -1.07. The van der Waals surface area contributed by atoms with Gasteiger partial charge in [-0.1, -0.05) is 37.8 Å². The second-order valence-electron chi connectivity index (χ2n) is 9.38. The van der Waals surface area contributed by atoms with E-state index < -0.39 is 11.7 Å². The second kappa shape index (κ2) is 9.38. The molecule has 2 aliphatic carbocycles. The summed E-state index contributed by atoms with van der Waals surface area (Å²) in [5.74, 6) is 1.47. The van der Waals surface area contributed by atoms with Crippen molar-refractivity contribution in [1.29, 1.82) is 0 Å². The fourth-order valence-corrected chi connectivity index (χ4v) is 5.74. The predicted octanol–water partition coefficient (Wildman–Crippen LogP) is 6.61. The van der Waals surface area contributed by atoms with Crippen LogP contribution in [0.3, 0.4) is 0 Å². The number of alkyl halides is 3. The topological polar surface area (TPSA) is 12.5 Å². The minimum absolute atomic E-state index is 0.188. The van der Waals surface area contributed by atoms with Gasteiger partial charge in [0.25, 0.3) is 0 Å². The van der Waals surface area contributed by atoms with Crippen molar-refractivity contribution in [3.63, 3.8) is 0 Å². The molecule has 162 valence electrons. The summed E-state index contributed by atoms with van der Waals surface area (Å²) in [6.07, 6.45) is 7.90. The average Bonchev–Trinajstić information content (AvgIpc) is 3.41. The van der Waals surface area contributed by atoms with E-state index in [0.29, 0.717) is 12.2 Å². The van der Waals surface area contributed by atoms with Gasteiger partial charge < -0.3 is 4.74 Å². The van der Waals surface area contributed by atoms with Crippen molar-refractivity contribution in [3.05, 3.63) is 35.4 Å². The first-order valence-corrected chi connectivity index (χ1v) is 11.5. The van der Waals surface area contributed by atoms with E-state index in [1.165, 1.54) is 63.5 Å². The molecule has 1 heterocycles. The zero-order valence-electron chi connectivity index (χ0n) is 17.3. The first kappa shape index (κ1) is 21.2. The molecule has 4 rings (SSSR count). The highest BCUT2D eigenvalue weighted by Crippen LogP contribution is 2.38. The van der Waals surface area contributed by atoms with Gasteiger partial charge in [0.15, 0.2) is 0 Å². The van der Waals surface area contributed by atoms with Crippen LogP contribution in [-0.2, 0) is 10.9 Å². The summed E-state index contributed by atoms with van der Waals surface area (Å²) in [5, 5.41) is 0. The molecular formula is C24H34F3NO. The zero-order chi connectivity index (χ0) is 20.3. The van der Waals surface area contributed by atoms with Gasteiger partial charge in [0, 0.05) is 25.7 Å². The predicted molar refractivity (Wildman–Crippen MR) is 109 cm³/mol. The van der Waals surface area contributed by atoms with Crippen LogP contribution in [0.15, 0.2) is 24.3 Å². The summed E-state index contributed by atoms with van der Waals surface area (Å²) in [6.45, 7) is 2.80. The van der Waals surface area contributed by atoms with Crippen LogP contribution >= 0.6 is 0 Å². The van der Waals surface area contributed by atoms with E-state index in [4.69, 9.17) is 4.74 Å². The highest BCUT2D eigenvalue weighted by Gasteiger charge is 2.37. The molecule has 29 heavy (non-hydrogen) atoms. The van der Waals surface area contributed by atoms with Gasteiger partial charge in [0.1, 0.15) is 0 Å². The summed E-state index contributed by atoms with van der Waals surface area (Å²) >= 11 is 0. The summed E-state index contributed by atoms with van der Waals surface area (Å²) in [7, 11) is 0. The Balaban J connectivity index is 1.56. The third-order valence-electron chi connectivity index (χ3n) is 7.24. The van der Waals surface area contributed by atoms with Crippen molar-refractivity contribution >= 4 is 0 Å². The Morgan fingerprint density at radius 1 is 0.862 bits per heavy atom. The van der Waals surface area contributed by atoms with Gasteiger partial charge in [-0.2, -0.15) is 13.2 Å². The van der Waals surface area contributed by atoms with Crippen molar-refractivity contribution in [3.8, 4) is 0 Å². The third kappa shape index (κ3) is 5.35. The molecule has 0 radical (unpaired) electrons. The number of halogens is 3. The number of rotatable bonds is 6. The number of hydrogen-bond donors (Lipinski definition) is 0. The largest absolute Gasteiger partial charge is 0.416 e. The molecule has 1 aromatic rings. The Morgan fingerprint density at radius 2 is 1.48 bits per heavy atom. The van der Waals surface area contributed by atoms with Crippen LogP contribution in [0, 0.1) is 11.8 Å². The maximum absolute atomic E-state index is 13.3. The molecule has 0 bridgehead atoms. The Kier molecular flexibility index (Phi) is 6.85. The summed E-state index contributed by atoms with van der Waals surface area (Å²) in [6, 6.07) is 6.02. The van der Waals surface area contributed by atoms with Crippen molar-refractivity contribution in [1.82, 2.24) is 4.90 Å². The normalized spacial score (nSPS) is 27.2. The van der Waals surface area contributed by atoms with Gasteiger partial charge in [-0.25, -0.2) is 0 Å². The quantitative estimate of drug-likeness (QED) is 0.524. The molecule has 3 fully saturated rings. The van der Waals surface area contributed by atoms with Crippen LogP contribution in [0.1, 0.15) is 81.4 Å². The van der Waals surface area contributed by atoms with E-state index in [1.54, 1.807) is 0 Å². The summed E-state index contributed by atoms with van der Waals surface area (Å²) in [5.41, 5.74) is 0.119. The fourth-order valence-electron chi connectivity index (χ4n) is 5.74. The van der Waals surface area contributed by atoms with Crippen molar-refractivity contribution in [2.75, 3.05) is 19.7 Å². The monoisotopic (exact) mass is 409 g/mol. The van der Waals surface area contributed by atoms with Crippen molar-refractivity contribution in [2.24, 2.45) is 11.8 Å². The van der Waals surface area contributed by atoms with E-state index >= 15 is 0 Å². The smallest absolute Gasteiger partial charge is 0.372 e. The van der Waals surface area contributed by atoms with Crippen LogP contribution in [0.25, 0.3) is 0 Å². The molecule has 2 saturated carbocycles. The van der Waals surface area contributed by atoms with Gasteiger partial charge in [0.05, 0.1) is 11.7 Å². The van der Waals surface area contributed by atoms with Crippen LogP contribution in [0.2, 0.25) is 0 Å². The molecule has 1 aromatic carbocycles. The van der Waals surface area contributed by atoms with E-state index in [9.17, 15) is 13.2 Å². The molecule has 3 aliphatic rings. The van der Waals surface area contributed by atoms with E-state index in [0.717, 1.165) is 43.8 Å². The molecule has 2 atom stereocenters. The molecule has 0 spiro atoms. The van der Waals surface area contributed by atoms with Gasteiger partial charge in [-0.05, 0) is 68.1 Å². The first-order chi connectivity index (χ1) is 14.0. The molecule has 1 aliphatic heterocycles. The molecule has 0 N–H and O–H groups in total. The standard InChI is InChI=1S/C24H34F3NO/c25-24(26,27)21-12-5-11-20(15-21)23-22(13-6-14-29-23)28(16-18-7-1-2-8-18)17-19-9-3-4-10-19/h5,11-12,15,18-19,22-23H,1-4,6-10,13-14,16-17H2/t22-,23+/m1/s1. The molecule has 1 saturated heterocycles.